The Labute approximate surface area is 149 Å². The van der Waals surface area contributed by atoms with Gasteiger partial charge in [-0.05, 0) is 25.1 Å². The Morgan fingerprint density at radius 2 is 1.88 bits per heavy atom. The van der Waals surface area contributed by atoms with Gasteiger partial charge in [0, 0.05) is 36.9 Å². The molecule has 0 aliphatic heterocycles. The second-order valence-corrected chi connectivity index (χ2v) is 6.46. The van der Waals surface area contributed by atoms with Crippen LogP contribution < -0.4 is 0 Å². The molecular weight excluding hydrogens is 326 g/mol. The molecule has 0 aliphatic rings. The predicted octanol–water partition coefficient (Wildman–Crippen LogP) is 3.02. The maximum atomic E-state index is 4.88. The van der Waals surface area contributed by atoms with E-state index in [9.17, 15) is 0 Å². The summed E-state index contributed by atoms with van der Waals surface area (Å²) < 4.78 is 5.79. The zero-order chi connectivity index (χ0) is 17.8. The molecular formula is C19H17N7. The van der Waals surface area contributed by atoms with Crippen LogP contribution in [0.25, 0.3) is 39.3 Å². The van der Waals surface area contributed by atoms with Crippen LogP contribution in [0.15, 0.2) is 49.1 Å². The molecule has 0 bridgehead atoms. The molecule has 0 radical (unpaired) electrons. The van der Waals surface area contributed by atoms with Gasteiger partial charge in [-0.3, -0.25) is 9.25 Å². The first kappa shape index (κ1) is 14.8. The van der Waals surface area contributed by atoms with E-state index in [1.54, 1.807) is 11.0 Å². The molecule has 0 atom stereocenters. The summed E-state index contributed by atoms with van der Waals surface area (Å²) in [6.45, 7) is 2.07. The summed E-state index contributed by atoms with van der Waals surface area (Å²) >= 11 is 0. The zero-order valence-electron chi connectivity index (χ0n) is 14.7. The summed E-state index contributed by atoms with van der Waals surface area (Å²) in [5.74, 6) is 0.603. The lowest BCUT2D eigenvalue weighted by Gasteiger charge is -2.07. The Morgan fingerprint density at radius 3 is 2.69 bits per heavy atom. The van der Waals surface area contributed by atoms with E-state index in [1.165, 1.54) is 0 Å². The molecule has 4 heterocycles. The quantitative estimate of drug-likeness (QED) is 0.494. The number of hydrogen-bond donors (Lipinski definition) is 0. The molecule has 0 unspecified atom stereocenters. The molecule has 26 heavy (non-hydrogen) atoms. The van der Waals surface area contributed by atoms with Crippen LogP contribution in [0, 0.1) is 6.92 Å². The predicted molar refractivity (Wildman–Crippen MR) is 100 cm³/mol. The number of para-hydroxylation sites is 2. The molecule has 0 saturated heterocycles. The van der Waals surface area contributed by atoms with E-state index in [-0.39, 0.29) is 0 Å². The summed E-state index contributed by atoms with van der Waals surface area (Å²) in [7, 11) is 3.93. The molecule has 0 aliphatic carbocycles. The fourth-order valence-corrected chi connectivity index (χ4v) is 3.30. The van der Waals surface area contributed by atoms with Gasteiger partial charge in [0.2, 0.25) is 5.95 Å². The standard InChI is InChI=1S/C19H17N7/c1-12-8-14-17(13-9-21-24(2)10-13)22-19(23-18(14)25(12)3)26-11-20-15-6-4-5-7-16(15)26/h4-11H,1-3H3. The van der Waals surface area contributed by atoms with Crippen molar-refractivity contribution < 1.29 is 0 Å². The lowest BCUT2D eigenvalue weighted by molar-refractivity contribution is 0.768. The molecule has 0 spiro atoms. The largest absolute Gasteiger partial charge is 0.333 e. The van der Waals surface area contributed by atoms with Crippen molar-refractivity contribution in [2.24, 2.45) is 14.1 Å². The van der Waals surface area contributed by atoms with Crippen LogP contribution in [-0.2, 0) is 14.1 Å². The summed E-state index contributed by atoms with van der Waals surface area (Å²) in [6.07, 6.45) is 5.58. The van der Waals surface area contributed by atoms with Gasteiger partial charge in [-0.2, -0.15) is 10.1 Å². The molecule has 1 aromatic carbocycles. The molecule has 7 heteroatoms. The van der Waals surface area contributed by atoms with Crippen molar-refractivity contribution in [3.05, 3.63) is 54.7 Å². The maximum absolute atomic E-state index is 4.88. The Balaban J connectivity index is 1.85. The summed E-state index contributed by atoms with van der Waals surface area (Å²) in [5, 5.41) is 5.32. The first-order valence-electron chi connectivity index (χ1n) is 8.37. The minimum atomic E-state index is 0.603. The van der Waals surface area contributed by atoms with Crippen molar-refractivity contribution in [3.63, 3.8) is 0 Å². The number of rotatable bonds is 2. The van der Waals surface area contributed by atoms with Crippen molar-refractivity contribution in [2.45, 2.75) is 6.92 Å². The third-order valence-corrected chi connectivity index (χ3v) is 4.76. The molecule has 0 N–H and O–H groups in total. The van der Waals surface area contributed by atoms with Gasteiger partial charge in [-0.15, -0.1) is 0 Å². The Kier molecular flexibility index (Phi) is 3.00. The summed E-state index contributed by atoms with van der Waals surface area (Å²) in [4.78, 5) is 14.2. The molecule has 5 aromatic rings. The third kappa shape index (κ3) is 2.07. The Morgan fingerprint density at radius 1 is 1.04 bits per heavy atom. The smallest absolute Gasteiger partial charge is 0.238 e. The minimum Gasteiger partial charge on any atom is -0.333 e. The van der Waals surface area contributed by atoms with Crippen LogP contribution in [0.2, 0.25) is 0 Å². The molecule has 128 valence electrons. The lowest BCUT2D eigenvalue weighted by Crippen LogP contribution is -2.03. The molecule has 0 amide bonds. The van der Waals surface area contributed by atoms with Crippen LogP contribution in [0.5, 0.6) is 0 Å². The Bertz CT molecular complexity index is 1270. The van der Waals surface area contributed by atoms with Gasteiger partial charge in [0.1, 0.15) is 12.0 Å². The van der Waals surface area contributed by atoms with E-state index in [0.29, 0.717) is 5.95 Å². The van der Waals surface area contributed by atoms with Gasteiger partial charge < -0.3 is 4.57 Å². The van der Waals surface area contributed by atoms with Crippen molar-refractivity contribution in [1.82, 2.24) is 33.9 Å². The van der Waals surface area contributed by atoms with E-state index in [1.807, 2.05) is 55.3 Å². The van der Waals surface area contributed by atoms with Crippen LogP contribution in [0.3, 0.4) is 0 Å². The number of hydrogen-bond acceptors (Lipinski definition) is 4. The van der Waals surface area contributed by atoms with Gasteiger partial charge in [0.25, 0.3) is 0 Å². The van der Waals surface area contributed by atoms with E-state index in [4.69, 9.17) is 9.97 Å². The van der Waals surface area contributed by atoms with Gasteiger partial charge in [-0.1, -0.05) is 12.1 Å². The molecule has 7 nitrogen and oxygen atoms in total. The van der Waals surface area contributed by atoms with Crippen LogP contribution in [0.4, 0.5) is 0 Å². The average molecular weight is 343 g/mol. The number of imidazole rings is 1. The number of aryl methyl sites for hydroxylation is 3. The second kappa shape index (κ2) is 5.26. The summed E-state index contributed by atoms with van der Waals surface area (Å²) in [5.41, 5.74) is 5.77. The number of benzene rings is 1. The van der Waals surface area contributed by atoms with Crippen molar-refractivity contribution >= 4 is 22.1 Å². The van der Waals surface area contributed by atoms with Crippen molar-refractivity contribution in [2.75, 3.05) is 0 Å². The highest BCUT2D eigenvalue weighted by Gasteiger charge is 2.17. The third-order valence-electron chi connectivity index (χ3n) is 4.76. The molecule has 0 fully saturated rings. The maximum Gasteiger partial charge on any atom is 0.238 e. The van der Waals surface area contributed by atoms with Gasteiger partial charge in [-0.25, -0.2) is 9.97 Å². The minimum absolute atomic E-state index is 0.603. The van der Waals surface area contributed by atoms with E-state index in [2.05, 4.69) is 27.6 Å². The number of fused-ring (bicyclic) bond motifs is 2. The fourth-order valence-electron chi connectivity index (χ4n) is 3.30. The van der Waals surface area contributed by atoms with Crippen LogP contribution >= 0.6 is 0 Å². The van der Waals surface area contributed by atoms with Crippen LogP contribution in [0.1, 0.15) is 5.69 Å². The SMILES string of the molecule is Cc1cc2c(-c3cnn(C)c3)nc(-n3cnc4ccccc43)nc2n1C. The van der Waals surface area contributed by atoms with Crippen LogP contribution in [-0.4, -0.2) is 33.9 Å². The van der Waals surface area contributed by atoms with Crippen molar-refractivity contribution in [1.29, 1.82) is 0 Å². The average Bonchev–Trinajstić information content (AvgIpc) is 3.33. The highest BCUT2D eigenvalue weighted by atomic mass is 15.2. The highest BCUT2D eigenvalue weighted by Crippen LogP contribution is 2.29. The monoisotopic (exact) mass is 343 g/mol. The van der Waals surface area contributed by atoms with Gasteiger partial charge >= 0.3 is 0 Å². The summed E-state index contributed by atoms with van der Waals surface area (Å²) in [6, 6.07) is 10.1. The lowest BCUT2D eigenvalue weighted by atomic mass is 10.2. The van der Waals surface area contributed by atoms with Crippen molar-refractivity contribution in [3.8, 4) is 17.2 Å². The zero-order valence-corrected chi connectivity index (χ0v) is 14.7. The Hall–Kier alpha value is -3.48. The molecule has 4 aromatic heterocycles. The molecule has 5 rings (SSSR count). The normalized spacial score (nSPS) is 11.7. The first-order chi connectivity index (χ1) is 12.6. The first-order valence-corrected chi connectivity index (χ1v) is 8.37. The second-order valence-electron chi connectivity index (χ2n) is 6.46. The number of nitrogens with zero attached hydrogens (tertiary/aromatic N) is 7. The fraction of sp³-hybridized carbons (Fsp3) is 0.158. The van der Waals surface area contributed by atoms with Gasteiger partial charge in [0.15, 0.2) is 0 Å². The van der Waals surface area contributed by atoms with Gasteiger partial charge in [0.05, 0.1) is 22.9 Å². The van der Waals surface area contributed by atoms with E-state index in [0.717, 1.165) is 39.0 Å². The number of aromatic nitrogens is 7. The van der Waals surface area contributed by atoms with E-state index >= 15 is 0 Å². The molecule has 0 saturated carbocycles. The van der Waals surface area contributed by atoms with E-state index < -0.39 is 0 Å². The highest BCUT2D eigenvalue weighted by molar-refractivity contribution is 5.92. The topological polar surface area (TPSA) is 66.3 Å².